The normalized spacial score (nSPS) is 11.7. The topological polar surface area (TPSA) is 109 Å². The Kier molecular flexibility index (Phi) is 7.43. The Hall–Kier alpha value is -4.55. The number of H-pyrrole nitrogens is 1. The van der Waals surface area contributed by atoms with E-state index in [1.807, 2.05) is 90.4 Å². The third kappa shape index (κ3) is 5.26. The Morgan fingerprint density at radius 1 is 1.08 bits per heavy atom. The van der Waals surface area contributed by atoms with Crippen molar-refractivity contribution in [1.29, 1.82) is 5.26 Å². The number of rotatable bonds is 9. The molecule has 0 aliphatic heterocycles. The molecule has 0 aliphatic carbocycles. The Morgan fingerprint density at radius 2 is 1.82 bits per heavy atom. The number of nitrogens with zero attached hydrogens (tertiary/aromatic N) is 4. The fourth-order valence-corrected chi connectivity index (χ4v) is 5.07. The van der Waals surface area contributed by atoms with E-state index in [1.165, 1.54) is 0 Å². The first kappa shape index (κ1) is 25.1. The zero-order valence-electron chi connectivity index (χ0n) is 21.0. The highest BCUT2D eigenvalue weighted by Gasteiger charge is 2.26. The number of carbonyl (C=O) groups excluding carboxylic acids is 1. The van der Waals surface area contributed by atoms with E-state index in [1.54, 1.807) is 7.11 Å². The number of benzene rings is 3. The van der Waals surface area contributed by atoms with Gasteiger partial charge in [-0.1, -0.05) is 48.5 Å². The van der Waals surface area contributed by atoms with Gasteiger partial charge in [0.25, 0.3) is 0 Å². The molecule has 0 saturated carbocycles. The van der Waals surface area contributed by atoms with Crippen LogP contribution in [0.5, 0.6) is 5.75 Å². The molecule has 0 saturated heterocycles. The second-order valence-corrected chi connectivity index (χ2v) is 9.58. The molecule has 5 aromatic rings. The molecular weight excluding hydrogens is 496 g/mol. The van der Waals surface area contributed by atoms with Crippen LogP contribution in [0.3, 0.4) is 0 Å². The molecule has 0 bridgehead atoms. The molecule has 2 aromatic heterocycles. The number of nitriles is 1. The average Bonchev–Trinajstić information content (AvgIpc) is 3.50. The monoisotopic (exact) mass is 522 g/mol. The molecule has 8 nitrogen and oxygen atoms in total. The number of methoxy groups -OCH3 is 1. The molecule has 0 radical (unpaired) electrons. The minimum atomic E-state index is -0.488. The molecule has 2 heterocycles. The lowest BCUT2D eigenvalue weighted by molar-refractivity contribution is -0.121. The highest BCUT2D eigenvalue weighted by atomic mass is 32.2. The Morgan fingerprint density at radius 3 is 2.55 bits per heavy atom. The number of nitrogens with one attached hydrogen (secondary N) is 2. The Bertz CT molecular complexity index is 1600. The quantitative estimate of drug-likeness (QED) is 0.201. The van der Waals surface area contributed by atoms with Crippen molar-refractivity contribution in [3.05, 3.63) is 102 Å². The number of thioether (sulfide) groups is 1. The summed E-state index contributed by atoms with van der Waals surface area (Å²) in [5.74, 6) is 1.12. The lowest BCUT2D eigenvalue weighted by Crippen LogP contribution is -2.33. The van der Waals surface area contributed by atoms with Crippen LogP contribution in [0.4, 0.5) is 0 Å². The van der Waals surface area contributed by atoms with Crippen LogP contribution in [0.2, 0.25) is 0 Å². The lowest BCUT2D eigenvalue weighted by atomic mass is 10.0. The maximum atomic E-state index is 13.5. The van der Waals surface area contributed by atoms with Crippen molar-refractivity contribution in [2.75, 3.05) is 7.11 Å². The van der Waals surface area contributed by atoms with Gasteiger partial charge in [-0.05, 0) is 54.8 Å². The second-order valence-electron chi connectivity index (χ2n) is 8.83. The molecule has 0 unspecified atom stereocenters. The van der Waals surface area contributed by atoms with E-state index in [2.05, 4.69) is 25.9 Å². The van der Waals surface area contributed by atoms with Crippen LogP contribution in [0.1, 0.15) is 28.7 Å². The smallest absolute Gasteiger partial charge is 0.225 e. The summed E-state index contributed by atoms with van der Waals surface area (Å²) in [6.07, 6.45) is 0.725. The lowest BCUT2D eigenvalue weighted by Gasteiger charge is -2.20. The second kappa shape index (κ2) is 11.2. The highest BCUT2D eigenvalue weighted by Crippen LogP contribution is 2.28. The SMILES string of the molecule is COc1ccc(-n2c(SC#N)nnc2[C@H](Cc2ccccc2)NC(=O)Cc2c(C)[nH]c3ccccc23)cc1. The van der Waals surface area contributed by atoms with Crippen molar-refractivity contribution in [3.63, 3.8) is 0 Å². The standard InChI is InChI=1S/C29H26N6O2S/c1-19-24(23-10-6-7-11-25(23)31-19)17-27(36)32-26(16-20-8-4-3-5-9-20)28-33-34-29(38-18-30)35(28)21-12-14-22(37-2)15-13-21/h3-15,26,31H,16-17H2,1-2H3,(H,32,36)/t26-/m0/s1. The first-order chi connectivity index (χ1) is 18.6. The van der Waals surface area contributed by atoms with Gasteiger partial charge in [0.2, 0.25) is 11.1 Å². The fraction of sp³-hybridized carbons (Fsp3) is 0.172. The zero-order chi connectivity index (χ0) is 26.5. The van der Waals surface area contributed by atoms with Gasteiger partial charge >= 0.3 is 0 Å². The number of amides is 1. The predicted molar refractivity (Wildman–Crippen MR) is 147 cm³/mol. The van der Waals surface area contributed by atoms with E-state index in [-0.39, 0.29) is 12.3 Å². The van der Waals surface area contributed by atoms with Crippen LogP contribution >= 0.6 is 11.8 Å². The van der Waals surface area contributed by atoms with Crippen molar-refractivity contribution >= 4 is 28.6 Å². The average molecular weight is 523 g/mol. The predicted octanol–water partition coefficient (Wildman–Crippen LogP) is 5.28. The number of fused-ring (bicyclic) bond motifs is 1. The van der Waals surface area contributed by atoms with Gasteiger partial charge < -0.3 is 15.0 Å². The van der Waals surface area contributed by atoms with Crippen LogP contribution in [0.25, 0.3) is 16.6 Å². The summed E-state index contributed by atoms with van der Waals surface area (Å²) in [7, 11) is 1.61. The maximum absolute atomic E-state index is 13.5. The summed E-state index contributed by atoms with van der Waals surface area (Å²) in [5, 5.41) is 24.9. The summed E-state index contributed by atoms with van der Waals surface area (Å²) in [6, 6.07) is 24.8. The van der Waals surface area contributed by atoms with Gasteiger partial charge in [0.05, 0.1) is 19.6 Å². The number of para-hydroxylation sites is 1. The van der Waals surface area contributed by atoms with Crippen molar-refractivity contribution in [2.45, 2.75) is 31.0 Å². The van der Waals surface area contributed by atoms with Crippen LogP contribution in [-0.4, -0.2) is 32.8 Å². The third-order valence-corrected chi connectivity index (χ3v) is 6.96. The number of hydrogen-bond acceptors (Lipinski definition) is 6. The van der Waals surface area contributed by atoms with Crippen LogP contribution < -0.4 is 10.1 Å². The van der Waals surface area contributed by atoms with E-state index >= 15 is 0 Å². The number of aryl methyl sites for hydroxylation is 1. The maximum Gasteiger partial charge on any atom is 0.225 e. The molecule has 190 valence electrons. The van der Waals surface area contributed by atoms with E-state index in [0.717, 1.165) is 45.2 Å². The van der Waals surface area contributed by atoms with Gasteiger partial charge in [-0.3, -0.25) is 9.36 Å². The van der Waals surface area contributed by atoms with Crippen molar-refractivity contribution < 1.29 is 9.53 Å². The van der Waals surface area contributed by atoms with Crippen LogP contribution in [-0.2, 0) is 17.6 Å². The van der Waals surface area contributed by atoms with E-state index in [4.69, 9.17) is 4.74 Å². The molecule has 38 heavy (non-hydrogen) atoms. The van der Waals surface area contributed by atoms with Gasteiger partial charge in [0, 0.05) is 34.0 Å². The highest BCUT2D eigenvalue weighted by molar-refractivity contribution is 8.03. The number of thiocyanates is 1. The van der Waals surface area contributed by atoms with E-state index in [0.29, 0.717) is 23.2 Å². The molecule has 0 spiro atoms. The van der Waals surface area contributed by atoms with Crippen LogP contribution in [0.15, 0.2) is 84.0 Å². The molecule has 1 atom stereocenters. The molecule has 3 aromatic carbocycles. The molecular formula is C29H26N6O2S. The third-order valence-electron chi connectivity index (χ3n) is 6.42. The zero-order valence-corrected chi connectivity index (χ0v) is 21.8. The van der Waals surface area contributed by atoms with Gasteiger partial charge in [0.1, 0.15) is 11.2 Å². The van der Waals surface area contributed by atoms with Gasteiger partial charge in [-0.2, -0.15) is 5.26 Å². The molecule has 0 fully saturated rings. The number of hydrogen-bond donors (Lipinski definition) is 2. The molecule has 2 N–H and O–H groups in total. The Labute approximate surface area is 224 Å². The Balaban J connectivity index is 1.51. The fourth-order valence-electron chi connectivity index (χ4n) is 4.61. The summed E-state index contributed by atoms with van der Waals surface area (Å²) in [5.41, 5.74) is 4.75. The van der Waals surface area contributed by atoms with Crippen molar-refractivity contribution in [3.8, 4) is 16.8 Å². The van der Waals surface area contributed by atoms with E-state index < -0.39 is 6.04 Å². The first-order valence-corrected chi connectivity index (χ1v) is 12.9. The number of carbonyl (C=O) groups is 1. The summed E-state index contributed by atoms with van der Waals surface area (Å²) in [4.78, 5) is 16.9. The minimum Gasteiger partial charge on any atom is -0.497 e. The van der Waals surface area contributed by atoms with Gasteiger partial charge in [0.15, 0.2) is 5.82 Å². The van der Waals surface area contributed by atoms with E-state index in [9.17, 15) is 10.1 Å². The number of aromatic amines is 1. The van der Waals surface area contributed by atoms with Crippen molar-refractivity contribution in [1.82, 2.24) is 25.1 Å². The molecule has 9 heteroatoms. The van der Waals surface area contributed by atoms with Gasteiger partial charge in [-0.15, -0.1) is 10.2 Å². The molecule has 1 amide bonds. The summed E-state index contributed by atoms with van der Waals surface area (Å²) < 4.78 is 7.12. The number of ether oxygens (including phenoxy) is 1. The van der Waals surface area contributed by atoms with Crippen molar-refractivity contribution in [2.24, 2.45) is 0 Å². The number of aromatic nitrogens is 4. The molecule has 5 rings (SSSR count). The molecule has 0 aliphatic rings. The summed E-state index contributed by atoms with van der Waals surface area (Å²) in [6.45, 7) is 1.98. The largest absolute Gasteiger partial charge is 0.497 e. The first-order valence-electron chi connectivity index (χ1n) is 12.1. The van der Waals surface area contributed by atoms with Gasteiger partial charge in [-0.25, -0.2) is 0 Å². The minimum absolute atomic E-state index is 0.127. The van der Waals surface area contributed by atoms with Crippen LogP contribution in [0, 0.1) is 17.6 Å². The summed E-state index contributed by atoms with van der Waals surface area (Å²) >= 11 is 0.924.